The molecule has 0 saturated carbocycles. The molecule has 0 aliphatic heterocycles. The fraction of sp³-hybridized carbons (Fsp3) is 0.125. The van der Waals surface area contributed by atoms with Crippen LogP contribution in [0.4, 0.5) is 4.39 Å². The van der Waals surface area contributed by atoms with Crippen molar-refractivity contribution in [3.05, 3.63) is 64.0 Å². The Morgan fingerprint density at radius 3 is 2.81 bits per heavy atom. The van der Waals surface area contributed by atoms with E-state index in [1.54, 1.807) is 16.8 Å². The minimum absolute atomic E-state index is 0.0781. The van der Waals surface area contributed by atoms with Crippen molar-refractivity contribution in [2.45, 2.75) is 6.42 Å². The van der Waals surface area contributed by atoms with Crippen molar-refractivity contribution >= 4 is 32.6 Å². The third-order valence-electron chi connectivity index (χ3n) is 3.41. The quantitative estimate of drug-likeness (QED) is 0.674. The number of hydrogen-bond acceptors (Lipinski definition) is 2. The van der Waals surface area contributed by atoms with E-state index in [0.29, 0.717) is 10.2 Å². The van der Waals surface area contributed by atoms with Crippen LogP contribution in [0.15, 0.2) is 46.9 Å². The average Bonchev–Trinajstić information content (AvgIpc) is 2.79. The highest BCUT2D eigenvalue weighted by atomic mass is 79.9. The van der Waals surface area contributed by atoms with E-state index in [9.17, 15) is 9.18 Å². The predicted molar refractivity (Wildman–Crippen MR) is 82.8 cm³/mol. The molecule has 0 bridgehead atoms. The molecule has 5 heteroatoms. The number of para-hydroxylation sites is 1. The summed E-state index contributed by atoms with van der Waals surface area (Å²) < 4.78 is 16.0. The number of aromatic nitrogens is 2. The molecule has 0 unspecified atom stereocenters. The second-order valence-corrected chi connectivity index (χ2v) is 5.64. The van der Waals surface area contributed by atoms with E-state index in [1.807, 2.05) is 31.3 Å². The number of Topliss-reactive ketones (excluding diaryl/α,β-unsaturated/α-hetero) is 1. The van der Waals surface area contributed by atoms with Crippen molar-refractivity contribution in [3.8, 4) is 0 Å². The second kappa shape index (κ2) is 5.41. The molecule has 0 aliphatic carbocycles. The van der Waals surface area contributed by atoms with Gasteiger partial charge in [0.25, 0.3) is 0 Å². The largest absolute Gasteiger partial charge is 0.294 e. The number of aryl methyl sites for hydroxylation is 1. The van der Waals surface area contributed by atoms with Crippen LogP contribution in [0.25, 0.3) is 10.9 Å². The standard InChI is InChI=1S/C16H12BrFN2O/c1-20-14-8-3-2-5-10(14)13(19-20)9-15(21)11-6-4-7-12(17)16(11)18/h2-8H,9H2,1H3. The van der Waals surface area contributed by atoms with Crippen LogP contribution in [0, 0.1) is 5.82 Å². The number of carbonyl (C=O) groups is 1. The second-order valence-electron chi connectivity index (χ2n) is 4.79. The summed E-state index contributed by atoms with van der Waals surface area (Å²) in [5, 5.41) is 5.29. The van der Waals surface area contributed by atoms with Gasteiger partial charge >= 0.3 is 0 Å². The zero-order chi connectivity index (χ0) is 15.0. The van der Waals surface area contributed by atoms with E-state index in [1.165, 1.54) is 6.07 Å². The van der Waals surface area contributed by atoms with Crippen molar-refractivity contribution in [3.63, 3.8) is 0 Å². The number of ketones is 1. The Bertz CT molecular complexity index is 841. The van der Waals surface area contributed by atoms with E-state index < -0.39 is 5.82 Å². The third kappa shape index (κ3) is 2.49. The lowest BCUT2D eigenvalue weighted by Gasteiger charge is -2.03. The Hall–Kier alpha value is -2.01. The van der Waals surface area contributed by atoms with Crippen LogP contribution in [0.2, 0.25) is 0 Å². The van der Waals surface area contributed by atoms with Gasteiger partial charge in [0.05, 0.1) is 27.7 Å². The molecule has 0 atom stereocenters. The van der Waals surface area contributed by atoms with Crippen molar-refractivity contribution in [1.29, 1.82) is 0 Å². The highest BCUT2D eigenvalue weighted by molar-refractivity contribution is 9.10. The Kier molecular flexibility index (Phi) is 3.59. The number of halogens is 2. The highest BCUT2D eigenvalue weighted by Crippen LogP contribution is 2.22. The maximum Gasteiger partial charge on any atom is 0.171 e. The molecular formula is C16H12BrFN2O. The number of benzene rings is 2. The van der Waals surface area contributed by atoms with Crippen LogP contribution in [-0.4, -0.2) is 15.6 Å². The molecule has 0 fully saturated rings. The summed E-state index contributed by atoms with van der Waals surface area (Å²) in [5.41, 5.74) is 1.70. The smallest absolute Gasteiger partial charge is 0.171 e. The summed E-state index contributed by atoms with van der Waals surface area (Å²) in [6.07, 6.45) is 0.0781. The molecule has 0 N–H and O–H groups in total. The molecule has 21 heavy (non-hydrogen) atoms. The fourth-order valence-corrected chi connectivity index (χ4v) is 2.75. The molecule has 0 aliphatic rings. The van der Waals surface area contributed by atoms with Crippen LogP contribution in [0.3, 0.4) is 0 Å². The van der Waals surface area contributed by atoms with Gasteiger partial charge in [-0.2, -0.15) is 5.10 Å². The number of hydrogen-bond donors (Lipinski definition) is 0. The van der Waals surface area contributed by atoms with E-state index in [4.69, 9.17) is 0 Å². The highest BCUT2D eigenvalue weighted by Gasteiger charge is 2.17. The average molecular weight is 347 g/mol. The van der Waals surface area contributed by atoms with Gasteiger partial charge in [0, 0.05) is 12.4 Å². The predicted octanol–water partition coefficient (Wildman–Crippen LogP) is 3.90. The van der Waals surface area contributed by atoms with Crippen LogP contribution in [-0.2, 0) is 13.5 Å². The van der Waals surface area contributed by atoms with E-state index in [2.05, 4.69) is 21.0 Å². The first-order valence-electron chi connectivity index (χ1n) is 6.45. The maximum absolute atomic E-state index is 14.0. The van der Waals surface area contributed by atoms with Gasteiger partial charge in [-0.1, -0.05) is 24.3 Å². The molecule has 1 aromatic heterocycles. The van der Waals surface area contributed by atoms with Crippen molar-refractivity contribution in [1.82, 2.24) is 9.78 Å². The number of nitrogens with zero attached hydrogens (tertiary/aromatic N) is 2. The number of carbonyl (C=O) groups excluding carboxylic acids is 1. The first-order valence-corrected chi connectivity index (χ1v) is 7.25. The van der Waals surface area contributed by atoms with Gasteiger partial charge in [-0.15, -0.1) is 0 Å². The minimum atomic E-state index is -0.525. The molecule has 3 rings (SSSR count). The molecule has 3 nitrogen and oxygen atoms in total. The van der Waals surface area contributed by atoms with E-state index in [0.717, 1.165) is 10.9 Å². The topological polar surface area (TPSA) is 34.9 Å². The SMILES string of the molecule is Cn1nc(CC(=O)c2cccc(Br)c2F)c2ccccc21. The number of rotatable bonds is 3. The number of fused-ring (bicyclic) bond motifs is 1. The molecule has 106 valence electrons. The zero-order valence-corrected chi connectivity index (χ0v) is 12.9. The third-order valence-corrected chi connectivity index (χ3v) is 4.03. The lowest BCUT2D eigenvalue weighted by Crippen LogP contribution is -2.07. The maximum atomic E-state index is 14.0. The van der Waals surface area contributed by atoms with Gasteiger partial charge in [-0.3, -0.25) is 9.48 Å². The van der Waals surface area contributed by atoms with Crippen LogP contribution in [0.1, 0.15) is 16.1 Å². The van der Waals surface area contributed by atoms with Gasteiger partial charge in [0.2, 0.25) is 0 Å². The van der Waals surface area contributed by atoms with E-state index in [-0.39, 0.29) is 17.8 Å². The summed E-state index contributed by atoms with van der Waals surface area (Å²) >= 11 is 3.10. The lowest BCUT2D eigenvalue weighted by atomic mass is 10.0. The van der Waals surface area contributed by atoms with Crippen LogP contribution < -0.4 is 0 Å². The van der Waals surface area contributed by atoms with Crippen molar-refractivity contribution in [2.24, 2.45) is 7.05 Å². The molecule has 1 heterocycles. The Labute approximate surface area is 129 Å². The fourth-order valence-electron chi connectivity index (χ4n) is 2.39. The summed E-state index contributed by atoms with van der Waals surface area (Å²) in [6, 6.07) is 12.4. The summed E-state index contributed by atoms with van der Waals surface area (Å²) in [6.45, 7) is 0. The Balaban J connectivity index is 1.99. The van der Waals surface area contributed by atoms with Crippen LogP contribution >= 0.6 is 15.9 Å². The summed E-state index contributed by atoms with van der Waals surface area (Å²) in [5.74, 6) is -0.805. The van der Waals surface area contributed by atoms with E-state index >= 15 is 0 Å². The van der Waals surface area contributed by atoms with Crippen molar-refractivity contribution in [2.75, 3.05) is 0 Å². The first-order chi connectivity index (χ1) is 10.1. The van der Waals surface area contributed by atoms with Gasteiger partial charge in [-0.25, -0.2) is 4.39 Å². The van der Waals surface area contributed by atoms with Gasteiger partial charge in [0.1, 0.15) is 5.82 Å². The Morgan fingerprint density at radius 2 is 2.00 bits per heavy atom. The molecule has 0 spiro atoms. The Morgan fingerprint density at radius 1 is 1.24 bits per heavy atom. The van der Waals surface area contributed by atoms with Gasteiger partial charge < -0.3 is 0 Å². The van der Waals surface area contributed by atoms with Gasteiger partial charge in [-0.05, 0) is 34.1 Å². The zero-order valence-electron chi connectivity index (χ0n) is 11.3. The molecule has 0 radical (unpaired) electrons. The van der Waals surface area contributed by atoms with Crippen molar-refractivity contribution < 1.29 is 9.18 Å². The molecule has 3 aromatic rings. The molecule has 2 aromatic carbocycles. The monoisotopic (exact) mass is 346 g/mol. The first kappa shape index (κ1) is 13.9. The molecular weight excluding hydrogens is 335 g/mol. The van der Waals surface area contributed by atoms with Gasteiger partial charge in [0.15, 0.2) is 5.78 Å². The molecule has 0 saturated heterocycles. The normalized spacial score (nSPS) is 11.0. The lowest BCUT2D eigenvalue weighted by molar-refractivity contribution is 0.0988. The molecule has 0 amide bonds. The minimum Gasteiger partial charge on any atom is -0.294 e. The summed E-state index contributed by atoms with van der Waals surface area (Å²) in [7, 11) is 1.83. The summed E-state index contributed by atoms with van der Waals surface area (Å²) in [4.78, 5) is 12.3. The van der Waals surface area contributed by atoms with Crippen LogP contribution in [0.5, 0.6) is 0 Å².